The van der Waals surface area contributed by atoms with Crippen molar-refractivity contribution in [2.45, 2.75) is 13.3 Å². The molecule has 1 unspecified atom stereocenters. The van der Waals surface area contributed by atoms with E-state index >= 15 is 0 Å². The zero-order valence-electron chi connectivity index (χ0n) is 10.1. The van der Waals surface area contributed by atoms with E-state index in [0.717, 1.165) is 6.08 Å². The van der Waals surface area contributed by atoms with E-state index in [1.54, 1.807) is 30.3 Å². The molecule has 0 spiro atoms. The van der Waals surface area contributed by atoms with Crippen LogP contribution in [0.15, 0.2) is 43.0 Å². The second-order valence-electron chi connectivity index (χ2n) is 4.03. The topological polar surface area (TPSA) is 71.4 Å². The van der Waals surface area contributed by atoms with Gasteiger partial charge in [0.15, 0.2) is 0 Å². The molecular formula is C14H14O4. The van der Waals surface area contributed by atoms with Crippen molar-refractivity contribution in [1.82, 2.24) is 0 Å². The van der Waals surface area contributed by atoms with Crippen molar-refractivity contribution in [3.05, 3.63) is 48.6 Å². The van der Waals surface area contributed by atoms with Crippen LogP contribution in [0.2, 0.25) is 0 Å². The number of hydrogen-bond donors (Lipinski definition) is 1. The van der Waals surface area contributed by atoms with Gasteiger partial charge in [-0.2, -0.15) is 0 Å². The number of carboxylic acids is 1. The highest BCUT2D eigenvalue weighted by Gasteiger charge is 2.43. The van der Waals surface area contributed by atoms with Crippen LogP contribution >= 0.6 is 0 Å². The molecule has 0 aromatic heterocycles. The first kappa shape index (κ1) is 13.8. The van der Waals surface area contributed by atoms with Crippen LogP contribution in [0.1, 0.15) is 12.5 Å². The minimum atomic E-state index is -1.69. The highest BCUT2D eigenvalue weighted by molar-refractivity contribution is 6.40. The molecule has 0 radical (unpaired) electrons. The number of carbonyl (C=O) groups excluding carboxylic acids is 2. The molecule has 0 bridgehead atoms. The number of carboxylic acid groups (broad SMARTS) is 1. The second kappa shape index (κ2) is 5.40. The number of carbonyl (C=O) groups is 3. The number of rotatable bonds is 6. The normalized spacial score (nSPS) is 13.4. The van der Waals surface area contributed by atoms with Gasteiger partial charge in [-0.15, -0.1) is 6.58 Å². The van der Waals surface area contributed by atoms with E-state index in [9.17, 15) is 14.4 Å². The lowest BCUT2D eigenvalue weighted by Gasteiger charge is -2.24. The Balaban J connectivity index is 3.21. The maximum Gasteiger partial charge on any atom is 0.373 e. The SMILES string of the molecule is C=CC(Cc1ccccc1)(C(C)=O)C(=O)C(=O)O. The first-order chi connectivity index (χ1) is 8.44. The van der Waals surface area contributed by atoms with Gasteiger partial charge in [0.1, 0.15) is 11.2 Å². The number of allylic oxidation sites excluding steroid dienone is 1. The van der Waals surface area contributed by atoms with Gasteiger partial charge in [-0.3, -0.25) is 9.59 Å². The summed E-state index contributed by atoms with van der Waals surface area (Å²) < 4.78 is 0. The summed E-state index contributed by atoms with van der Waals surface area (Å²) in [5.74, 6) is -3.29. The Kier molecular flexibility index (Phi) is 4.15. The van der Waals surface area contributed by atoms with Crippen molar-refractivity contribution < 1.29 is 19.5 Å². The van der Waals surface area contributed by atoms with E-state index in [4.69, 9.17) is 5.11 Å². The molecule has 94 valence electrons. The lowest BCUT2D eigenvalue weighted by molar-refractivity contribution is -0.155. The van der Waals surface area contributed by atoms with Gasteiger partial charge < -0.3 is 5.11 Å². The van der Waals surface area contributed by atoms with E-state index < -0.39 is 23.0 Å². The Morgan fingerprint density at radius 1 is 1.28 bits per heavy atom. The predicted octanol–water partition coefficient (Wildman–Crippen LogP) is 1.64. The number of benzene rings is 1. The first-order valence-corrected chi connectivity index (χ1v) is 5.40. The van der Waals surface area contributed by atoms with Gasteiger partial charge in [0.25, 0.3) is 5.78 Å². The summed E-state index contributed by atoms with van der Waals surface area (Å²) in [6.07, 6.45) is 1.14. The fourth-order valence-electron chi connectivity index (χ4n) is 1.78. The molecule has 1 N–H and O–H groups in total. The molecule has 4 heteroatoms. The third-order valence-corrected chi connectivity index (χ3v) is 2.90. The van der Waals surface area contributed by atoms with Gasteiger partial charge in [0, 0.05) is 0 Å². The van der Waals surface area contributed by atoms with E-state index in [1.165, 1.54) is 6.92 Å². The molecule has 0 aliphatic carbocycles. The molecule has 1 atom stereocenters. The average molecular weight is 246 g/mol. The lowest BCUT2D eigenvalue weighted by Crippen LogP contribution is -2.42. The quantitative estimate of drug-likeness (QED) is 0.470. The van der Waals surface area contributed by atoms with Crippen LogP contribution in [-0.4, -0.2) is 22.6 Å². The second-order valence-corrected chi connectivity index (χ2v) is 4.03. The number of hydrogen-bond acceptors (Lipinski definition) is 3. The van der Waals surface area contributed by atoms with E-state index in [2.05, 4.69) is 6.58 Å². The molecule has 4 nitrogen and oxygen atoms in total. The Labute approximate surface area is 105 Å². The maximum absolute atomic E-state index is 11.8. The summed E-state index contributed by atoms with van der Waals surface area (Å²) in [5.41, 5.74) is -0.977. The summed E-state index contributed by atoms with van der Waals surface area (Å²) in [4.78, 5) is 34.3. The van der Waals surface area contributed by atoms with Crippen LogP contribution in [0.4, 0.5) is 0 Å². The third kappa shape index (κ3) is 2.53. The number of ketones is 2. The standard InChI is InChI=1S/C14H14O4/c1-3-14(10(2)15,12(16)13(17)18)9-11-7-5-4-6-8-11/h3-8H,1,9H2,2H3,(H,17,18). The van der Waals surface area contributed by atoms with Crippen LogP contribution < -0.4 is 0 Å². The van der Waals surface area contributed by atoms with E-state index in [1.807, 2.05) is 0 Å². The predicted molar refractivity (Wildman–Crippen MR) is 66.1 cm³/mol. The van der Waals surface area contributed by atoms with Crippen LogP contribution in [-0.2, 0) is 20.8 Å². The molecule has 0 fully saturated rings. The molecule has 1 aromatic carbocycles. The Morgan fingerprint density at radius 3 is 2.22 bits per heavy atom. The molecule has 0 aliphatic heterocycles. The Hall–Kier alpha value is -2.23. The molecule has 1 rings (SSSR count). The largest absolute Gasteiger partial charge is 0.475 e. The van der Waals surface area contributed by atoms with Gasteiger partial charge in [0.2, 0.25) is 0 Å². The fourth-order valence-corrected chi connectivity index (χ4v) is 1.78. The summed E-state index contributed by atoms with van der Waals surface area (Å²) >= 11 is 0. The smallest absolute Gasteiger partial charge is 0.373 e. The molecule has 1 aromatic rings. The van der Waals surface area contributed by atoms with Gasteiger partial charge in [-0.05, 0) is 18.9 Å². The van der Waals surface area contributed by atoms with Crippen molar-refractivity contribution >= 4 is 17.5 Å². The van der Waals surface area contributed by atoms with Crippen molar-refractivity contribution in [1.29, 1.82) is 0 Å². The molecule has 0 heterocycles. The third-order valence-electron chi connectivity index (χ3n) is 2.90. The molecule has 0 saturated heterocycles. The van der Waals surface area contributed by atoms with Crippen LogP contribution in [0.3, 0.4) is 0 Å². The number of aliphatic carboxylic acids is 1. The molecular weight excluding hydrogens is 232 g/mol. The van der Waals surface area contributed by atoms with Crippen molar-refractivity contribution in [2.75, 3.05) is 0 Å². The Bertz CT molecular complexity index is 490. The van der Waals surface area contributed by atoms with Gasteiger partial charge in [-0.1, -0.05) is 36.4 Å². The van der Waals surface area contributed by atoms with Crippen LogP contribution in [0.5, 0.6) is 0 Å². The number of Topliss-reactive ketones (excluding diaryl/α,β-unsaturated/α-hetero) is 2. The molecule has 0 aliphatic rings. The maximum atomic E-state index is 11.8. The average Bonchev–Trinajstić information content (AvgIpc) is 2.36. The molecule has 0 amide bonds. The highest BCUT2D eigenvalue weighted by Crippen LogP contribution is 2.27. The first-order valence-electron chi connectivity index (χ1n) is 5.40. The summed E-state index contributed by atoms with van der Waals surface area (Å²) in [5, 5.41) is 8.83. The summed E-state index contributed by atoms with van der Waals surface area (Å²) in [7, 11) is 0. The van der Waals surface area contributed by atoms with Crippen molar-refractivity contribution in [3.63, 3.8) is 0 Å². The zero-order valence-corrected chi connectivity index (χ0v) is 10.1. The van der Waals surface area contributed by atoms with Crippen molar-refractivity contribution in [3.8, 4) is 0 Å². The van der Waals surface area contributed by atoms with Gasteiger partial charge in [-0.25, -0.2) is 4.79 Å². The monoisotopic (exact) mass is 246 g/mol. The van der Waals surface area contributed by atoms with E-state index in [-0.39, 0.29) is 6.42 Å². The minimum Gasteiger partial charge on any atom is -0.475 e. The Morgan fingerprint density at radius 2 is 1.83 bits per heavy atom. The fraction of sp³-hybridized carbons (Fsp3) is 0.214. The van der Waals surface area contributed by atoms with E-state index in [0.29, 0.717) is 5.56 Å². The molecule has 18 heavy (non-hydrogen) atoms. The van der Waals surface area contributed by atoms with Crippen LogP contribution in [0.25, 0.3) is 0 Å². The highest BCUT2D eigenvalue weighted by atomic mass is 16.4. The summed E-state index contributed by atoms with van der Waals surface area (Å²) in [6, 6.07) is 8.78. The van der Waals surface area contributed by atoms with Crippen LogP contribution in [0, 0.1) is 5.41 Å². The minimum absolute atomic E-state index is 0.0117. The van der Waals surface area contributed by atoms with Crippen molar-refractivity contribution in [2.24, 2.45) is 5.41 Å². The summed E-state index contributed by atoms with van der Waals surface area (Å²) in [6.45, 7) is 4.65. The zero-order chi connectivity index (χ0) is 13.8. The lowest BCUT2D eigenvalue weighted by atomic mass is 9.75. The van der Waals surface area contributed by atoms with Gasteiger partial charge >= 0.3 is 5.97 Å². The van der Waals surface area contributed by atoms with Gasteiger partial charge in [0.05, 0.1) is 0 Å². The molecule has 0 saturated carbocycles.